The Morgan fingerprint density at radius 2 is 1.85 bits per heavy atom. The van der Waals surface area contributed by atoms with E-state index in [0.29, 0.717) is 0 Å². The zero-order valence-corrected chi connectivity index (χ0v) is 11.6. The quantitative estimate of drug-likeness (QED) is 0.925. The molecule has 0 fully saturated rings. The molecule has 6 heteroatoms. The number of benzene rings is 1. The van der Waals surface area contributed by atoms with E-state index in [1.165, 1.54) is 0 Å². The van der Waals surface area contributed by atoms with E-state index in [4.69, 9.17) is 5.11 Å². The van der Waals surface area contributed by atoms with Gasteiger partial charge in [0.15, 0.2) is 0 Å². The third-order valence-electron chi connectivity index (χ3n) is 2.64. The number of rotatable bonds is 4. The number of hydrogen-bond acceptors (Lipinski definition) is 2. The molecule has 0 aliphatic heterocycles. The molecule has 1 amide bonds. The molecule has 1 aromatic carbocycles. The van der Waals surface area contributed by atoms with Gasteiger partial charge in [-0.25, -0.2) is 8.78 Å². The Hall–Kier alpha value is -1.98. The molecule has 0 saturated heterocycles. The summed E-state index contributed by atoms with van der Waals surface area (Å²) < 4.78 is 27.0. The lowest BCUT2D eigenvalue weighted by Gasteiger charge is -2.29. The van der Waals surface area contributed by atoms with Gasteiger partial charge in [-0.05, 0) is 12.1 Å². The van der Waals surface area contributed by atoms with Crippen molar-refractivity contribution in [3.63, 3.8) is 0 Å². The first-order chi connectivity index (χ1) is 9.12. The fourth-order valence-electron chi connectivity index (χ4n) is 1.64. The largest absolute Gasteiger partial charge is 0.481 e. The molecule has 0 aliphatic rings. The molecule has 110 valence electrons. The summed E-state index contributed by atoms with van der Waals surface area (Å²) in [4.78, 5) is 23.9. The van der Waals surface area contributed by atoms with Crippen LogP contribution < -0.4 is 4.90 Å². The summed E-state index contributed by atoms with van der Waals surface area (Å²) in [6, 6.07) is 2.74. The van der Waals surface area contributed by atoms with Crippen molar-refractivity contribution < 1.29 is 23.5 Å². The van der Waals surface area contributed by atoms with Crippen LogP contribution in [0.25, 0.3) is 0 Å². The number of hydrogen-bond donors (Lipinski definition) is 1. The lowest BCUT2D eigenvalue weighted by Crippen LogP contribution is -2.41. The number of carbonyl (C=O) groups is 2. The maximum Gasteiger partial charge on any atom is 0.305 e. The molecule has 0 radical (unpaired) electrons. The average molecular weight is 285 g/mol. The first-order valence-electron chi connectivity index (χ1n) is 6.11. The van der Waals surface area contributed by atoms with Gasteiger partial charge >= 0.3 is 5.97 Å². The molecule has 1 N–H and O–H groups in total. The number of aliphatic carboxylic acids is 1. The van der Waals surface area contributed by atoms with E-state index in [2.05, 4.69) is 0 Å². The van der Waals surface area contributed by atoms with E-state index in [9.17, 15) is 18.4 Å². The molecule has 20 heavy (non-hydrogen) atoms. The highest BCUT2D eigenvalue weighted by molar-refractivity contribution is 5.97. The third-order valence-corrected chi connectivity index (χ3v) is 2.64. The van der Waals surface area contributed by atoms with E-state index < -0.39 is 28.9 Å². The molecule has 0 bridgehead atoms. The van der Waals surface area contributed by atoms with Gasteiger partial charge < -0.3 is 10.0 Å². The summed E-state index contributed by atoms with van der Waals surface area (Å²) in [6.45, 7) is 4.66. The topological polar surface area (TPSA) is 57.6 Å². The highest BCUT2D eigenvalue weighted by Gasteiger charge is 2.30. The van der Waals surface area contributed by atoms with Gasteiger partial charge in [-0.15, -0.1) is 0 Å². The molecule has 0 aliphatic carbocycles. The van der Waals surface area contributed by atoms with Crippen LogP contribution in [0.15, 0.2) is 18.2 Å². The van der Waals surface area contributed by atoms with Gasteiger partial charge in [0, 0.05) is 18.0 Å². The molecule has 0 spiro atoms. The molecular formula is C14H17F2NO3. The van der Waals surface area contributed by atoms with Crippen LogP contribution in [0.1, 0.15) is 27.2 Å². The number of carbonyl (C=O) groups excluding carboxylic acids is 1. The van der Waals surface area contributed by atoms with Crippen molar-refractivity contribution in [2.45, 2.75) is 27.2 Å². The van der Waals surface area contributed by atoms with Crippen LogP contribution >= 0.6 is 0 Å². The van der Waals surface area contributed by atoms with E-state index >= 15 is 0 Å². The number of nitrogens with zero attached hydrogens (tertiary/aromatic N) is 1. The predicted octanol–water partition coefficient (Wildman–Crippen LogP) is 2.82. The Balaban J connectivity index is 3.19. The van der Waals surface area contributed by atoms with Gasteiger partial charge in [0.1, 0.15) is 11.6 Å². The summed E-state index contributed by atoms with van der Waals surface area (Å²) in [5, 5.41) is 8.71. The Bertz CT molecular complexity index is 524. The summed E-state index contributed by atoms with van der Waals surface area (Å²) in [7, 11) is 0. The van der Waals surface area contributed by atoms with Crippen LogP contribution in [0.4, 0.5) is 14.5 Å². The number of carboxylic acid groups (broad SMARTS) is 1. The first-order valence-corrected chi connectivity index (χ1v) is 6.11. The van der Waals surface area contributed by atoms with Gasteiger partial charge in [-0.3, -0.25) is 9.59 Å². The minimum atomic E-state index is -1.12. The van der Waals surface area contributed by atoms with Gasteiger partial charge in [0.05, 0.1) is 12.1 Å². The normalized spacial score (nSPS) is 11.2. The summed E-state index contributed by atoms with van der Waals surface area (Å²) in [5.41, 5.74) is -1.08. The predicted molar refractivity (Wildman–Crippen MR) is 70.4 cm³/mol. The maximum atomic E-state index is 13.8. The van der Waals surface area contributed by atoms with Gasteiger partial charge in [-0.2, -0.15) is 0 Å². The highest BCUT2D eigenvalue weighted by atomic mass is 19.1. The summed E-state index contributed by atoms with van der Waals surface area (Å²) >= 11 is 0. The Kier molecular flexibility index (Phi) is 4.81. The Morgan fingerprint density at radius 3 is 2.35 bits per heavy atom. The molecule has 4 nitrogen and oxygen atoms in total. The lowest BCUT2D eigenvalue weighted by atomic mass is 9.94. The Morgan fingerprint density at radius 1 is 1.25 bits per heavy atom. The smallest absolute Gasteiger partial charge is 0.305 e. The number of carboxylic acids is 1. The molecular weight excluding hydrogens is 268 g/mol. The van der Waals surface area contributed by atoms with Crippen LogP contribution in [0.3, 0.4) is 0 Å². The summed E-state index contributed by atoms with van der Waals surface area (Å²) in [5.74, 6) is -3.05. The minimum Gasteiger partial charge on any atom is -0.481 e. The van der Waals surface area contributed by atoms with Crippen LogP contribution in [0.5, 0.6) is 0 Å². The zero-order chi connectivity index (χ0) is 15.5. The van der Waals surface area contributed by atoms with Crippen molar-refractivity contribution in [3.8, 4) is 0 Å². The molecule has 0 atom stereocenters. The van der Waals surface area contributed by atoms with E-state index in [-0.39, 0.29) is 18.7 Å². The Labute approximate surface area is 116 Å². The monoisotopic (exact) mass is 285 g/mol. The van der Waals surface area contributed by atoms with Gasteiger partial charge in [0.25, 0.3) is 0 Å². The number of amides is 1. The van der Waals surface area contributed by atoms with Crippen molar-refractivity contribution in [1.29, 1.82) is 0 Å². The lowest BCUT2D eigenvalue weighted by molar-refractivity contribution is -0.136. The van der Waals surface area contributed by atoms with E-state index in [0.717, 1.165) is 23.1 Å². The fraction of sp³-hybridized carbons (Fsp3) is 0.429. The highest BCUT2D eigenvalue weighted by Crippen LogP contribution is 2.26. The first kappa shape index (κ1) is 16.1. The molecule has 0 heterocycles. The summed E-state index contributed by atoms with van der Waals surface area (Å²) in [6.07, 6.45) is -0.349. The number of halogens is 2. The molecule has 1 aromatic rings. The van der Waals surface area contributed by atoms with Crippen LogP contribution in [-0.4, -0.2) is 23.5 Å². The second kappa shape index (κ2) is 5.98. The SMILES string of the molecule is CC(C)(C)C(=O)N(CCC(=O)O)c1cc(F)ccc1F. The zero-order valence-electron chi connectivity index (χ0n) is 11.6. The van der Waals surface area contributed by atoms with Crippen molar-refractivity contribution in [1.82, 2.24) is 0 Å². The van der Waals surface area contributed by atoms with Crippen molar-refractivity contribution in [3.05, 3.63) is 29.8 Å². The van der Waals surface area contributed by atoms with Crippen LogP contribution in [-0.2, 0) is 9.59 Å². The van der Waals surface area contributed by atoms with Crippen molar-refractivity contribution in [2.24, 2.45) is 5.41 Å². The maximum absolute atomic E-state index is 13.8. The second-order valence-electron chi connectivity index (χ2n) is 5.45. The second-order valence-corrected chi connectivity index (χ2v) is 5.45. The van der Waals surface area contributed by atoms with E-state index in [1.54, 1.807) is 20.8 Å². The van der Waals surface area contributed by atoms with Gasteiger partial charge in [0.2, 0.25) is 5.91 Å². The van der Waals surface area contributed by atoms with Crippen LogP contribution in [0.2, 0.25) is 0 Å². The average Bonchev–Trinajstić information content (AvgIpc) is 2.31. The third kappa shape index (κ3) is 4.01. The van der Waals surface area contributed by atoms with Crippen molar-refractivity contribution >= 4 is 17.6 Å². The van der Waals surface area contributed by atoms with Crippen LogP contribution in [0, 0.1) is 17.0 Å². The fourth-order valence-corrected chi connectivity index (χ4v) is 1.64. The minimum absolute atomic E-state index is 0.216. The van der Waals surface area contributed by atoms with Crippen molar-refractivity contribution in [2.75, 3.05) is 11.4 Å². The molecule has 1 rings (SSSR count). The number of anilines is 1. The standard InChI is InChI=1S/C14H17F2NO3/c1-14(2,3)13(20)17(7-6-12(18)19)11-8-9(15)4-5-10(11)16/h4-5,8H,6-7H2,1-3H3,(H,18,19). The van der Waals surface area contributed by atoms with Gasteiger partial charge in [-0.1, -0.05) is 20.8 Å². The molecule has 0 aromatic heterocycles. The molecule has 0 unspecified atom stereocenters. The van der Waals surface area contributed by atoms with E-state index in [1.807, 2.05) is 0 Å². The molecule has 0 saturated carbocycles.